The van der Waals surface area contributed by atoms with E-state index in [1.165, 1.54) is 117 Å². The lowest BCUT2D eigenvalue weighted by Gasteiger charge is -2.18. The fraction of sp³-hybridized carbons (Fsp3) is 0. The first kappa shape index (κ1) is 30.2. The smallest absolute Gasteiger partial charge is 0.0362 e. The first-order valence-electron chi connectivity index (χ1n) is 18.5. The van der Waals surface area contributed by atoms with Gasteiger partial charge in [-0.05, 0) is 113 Å². The van der Waals surface area contributed by atoms with E-state index < -0.39 is 0 Å². The van der Waals surface area contributed by atoms with Gasteiger partial charge >= 0.3 is 0 Å². The summed E-state index contributed by atoms with van der Waals surface area (Å²) in [6.07, 6.45) is 0. The zero-order valence-corrected chi connectivity index (χ0v) is 30.8. The minimum Gasteiger partial charge on any atom is -0.135 e. The molecule has 0 bridgehead atoms. The highest BCUT2D eigenvalue weighted by Crippen LogP contribution is 2.48. The quantitative estimate of drug-likeness (QED) is 0.160. The zero-order valence-electron chi connectivity index (χ0n) is 29.1. The SMILES string of the molecule is c1cc(-c2ccc3c(c2)sc2ccc4sc5ccc6ccccc6c5c4c23)cc(-c2c3ccccc3c(-c3ccc4ccccc4c3)c3ccccc23)c1. The Morgan fingerprint density at radius 2 is 0.722 bits per heavy atom. The van der Waals surface area contributed by atoms with E-state index in [0.717, 1.165) is 0 Å². The lowest BCUT2D eigenvalue weighted by atomic mass is 9.85. The van der Waals surface area contributed by atoms with Crippen LogP contribution in [0, 0.1) is 0 Å². The van der Waals surface area contributed by atoms with Gasteiger partial charge in [0.2, 0.25) is 0 Å². The van der Waals surface area contributed by atoms with Crippen LogP contribution in [0.2, 0.25) is 0 Å². The average Bonchev–Trinajstić information content (AvgIpc) is 3.81. The molecule has 2 heterocycles. The van der Waals surface area contributed by atoms with Gasteiger partial charge in [-0.15, -0.1) is 22.7 Å². The van der Waals surface area contributed by atoms with Crippen molar-refractivity contribution in [2.75, 3.05) is 0 Å². The van der Waals surface area contributed by atoms with Crippen LogP contribution in [-0.2, 0) is 0 Å². The number of thiophene rings is 2. The molecule has 0 aliphatic heterocycles. The highest BCUT2D eigenvalue weighted by Gasteiger charge is 2.19. The maximum Gasteiger partial charge on any atom is 0.0362 e. The summed E-state index contributed by atoms with van der Waals surface area (Å²) >= 11 is 3.82. The Kier molecular flexibility index (Phi) is 6.48. The Labute approximate surface area is 319 Å². The fourth-order valence-corrected chi connectivity index (χ4v) is 11.3. The van der Waals surface area contributed by atoms with E-state index in [2.05, 4.69) is 182 Å². The first-order valence-corrected chi connectivity index (χ1v) is 20.1. The normalized spacial score (nSPS) is 12.1. The summed E-state index contributed by atoms with van der Waals surface area (Å²) in [5.74, 6) is 0. The van der Waals surface area contributed by atoms with Gasteiger partial charge in [0.25, 0.3) is 0 Å². The summed E-state index contributed by atoms with van der Waals surface area (Å²) in [7, 11) is 0. The van der Waals surface area contributed by atoms with Crippen molar-refractivity contribution < 1.29 is 0 Å². The van der Waals surface area contributed by atoms with Crippen LogP contribution in [0.5, 0.6) is 0 Å². The van der Waals surface area contributed by atoms with Crippen molar-refractivity contribution in [3.63, 3.8) is 0 Å². The predicted octanol–water partition coefficient (Wildman–Crippen LogP) is 16.0. The molecule has 10 aromatic carbocycles. The minimum absolute atomic E-state index is 1.23. The van der Waals surface area contributed by atoms with E-state index in [4.69, 9.17) is 0 Å². The van der Waals surface area contributed by atoms with E-state index in [1.807, 2.05) is 22.7 Å². The summed E-state index contributed by atoms with van der Waals surface area (Å²) in [5, 5.41) is 15.8. The molecule has 0 saturated carbocycles. The van der Waals surface area contributed by atoms with E-state index in [9.17, 15) is 0 Å². The summed E-state index contributed by atoms with van der Waals surface area (Å²) in [6, 6.07) is 67.8. The molecule has 0 radical (unpaired) electrons. The van der Waals surface area contributed by atoms with Crippen molar-refractivity contribution in [3.05, 3.63) is 182 Å². The monoisotopic (exact) mass is 718 g/mol. The van der Waals surface area contributed by atoms with Crippen molar-refractivity contribution >= 4 is 106 Å². The Bertz CT molecular complexity index is 3450. The van der Waals surface area contributed by atoms with Crippen molar-refractivity contribution in [1.29, 1.82) is 0 Å². The van der Waals surface area contributed by atoms with Crippen LogP contribution in [-0.4, -0.2) is 0 Å². The highest BCUT2D eigenvalue weighted by atomic mass is 32.1. The van der Waals surface area contributed by atoms with Gasteiger partial charge in [0, 0.05) is 40.3 Å². The Balaban J connectivity index is 1.04. The molecule has 0 amide bonds. The second-order valence-electron chi connectivity index (χ2n) is 14.4. The molecule has 0 saturated heterocycles. The van der Waals surface area contributed by atoms with Crippen LogP contribution < -0.4 is 0 Å². The Hall–Kier alpha value is -6.32. The molecular weight excluding hydrogens is 689 g/mol. The molecule has 0 N–H and O–H groups in total. The third-order valence-corrected chi connectivity index (χ3v) is 13.7. The standard InChI is InChI=1S/C52H30S2/c1-2-12-33-28-37(21-20-31(33)10-1)49-41-18-7-5-16-39(41)48(40-17-6-8-19-42(40)49)36-14-9-13-34(29-36)35-22-24-43-47(30-35)54-45-26-27-46-52(51(43)45)50-38-15-4-3-11-32(38)23-25-44(50)53-46/h1-30H. The fourth-order valence-electron chi connectivity index (χ4n) is 9.02. The molecule has 0 nitrogen and oxygen atoms in total. The van der Waals surface area contributed by atoms with Crippen LogP contribution in [0.25, 0.3) is 117 Å². The molecule has 0 spiro atoms. The van der Waals surface area contributed by atoms with Gasteiger partial charge in [0.15, 0.2) is 0 Å². The van der Waals surface area contributed by atoms with Gasteiger partial charge in [0.05, 0.1) is 0 Å². The van der Waals surface area contributed by atoms with Crippen molar-refractivity contribution in [1.82, 2.24) is 0 Å². The molecular formula is C52H30S2. The summed E-state index contributed by atoms with van der Waals surface area (Å²) < 4.78 is 5.39. The minimum atomic E-state index is 1.23. The van der Waals surface area contributed by atoms with Crippen molar-refractivity contribution in [2.45, 2.75) is 0 Å². The number of fused-ring (bicyclic) bond motifs is 12. The second-order valence-corrected chi connectivity index (χ2v) is 16.5. The summed E-state index contributed by atoms with van der Waals surface area (Å²) in [5.41, 5.74) is 7.54. The van der Waals surface area contributed by atoms with E-state index in [1.54, 1.807) is 0 Å². The molecule has 0 atom stereocenters. The molecule has 250 valence electrons. The lowest BCUT2D eigenvalue weighted by molar-refractivity contribution is 1.63. The molecule has 0 unspecified atom stereocenters. The van der Waals surface area contributed by atoms with Gasteiger partial charge in [-0.3, -0.25) is 0 Å². The van der Waals surface area contributed by atoms with Gasteiger partial charge in [-0.1, -0.05) is 146 Å². The van der Waals surface area contributed by atoms with E-state index in [-0.39, 0.29) is 0 Å². The predicted molar refractivity (Wildman–Crippen MR) is 239 cm³/mol. The molecule has 0 fully saturated rings. The molecule has 0 aliphatic carbocycles. The zero-order chi connectivity index (χ0) is 35.3. The largest absolute Gasteiger partial charge is 0.135 e. The summed E-state index contributed by atoms with van der Waals surface area (Å²) in [4.78, 5) is 0. The molecule has 0 aliphatic rings. The maximum absolute atomic E-state index is 2.41. The highest BCUT2D eigenvalue weighted by molar-refractivity contribution is 7.28. The van der Waals surface area contributed by atoms with E-state index in [0.29, 0.717) is 0 Å². The van der Waals surface area contributed by atoms with Gasteiger partial charge in [-0.2, -0.15) is 0 Å². The molecule has 2 heteroatoms. The first-order chi connectivity index (χ1) is 26.8. The Morgan fingerprint density at radius 1 is 0.241 bits per heavy atom. The lowest BCUT2D eigenvalue weighted by Crippen LogP contribution is -1.91. The third kappa shape index (κ3) is 4.42. The third-order valence-electron chi connectivity index (χ3n) is 11.4. The number of rotatable bonds is 3. The summed E-state index contributed by atoms with van der Waals surface area (Å²) in [6.45, 7) is 0. The second kappa shape index (κ2) is 11.6. The van der Waals surface area contributed by atoms with Crippen LogP contribution >= 0.6 is 22.7 Å². The molecule has 12 rings (SSSR count). The van der Waals surface area contributed by atoms with Gasteiger partial charge in [0.1, 0.15) is 0 Å². The number of benzene rings is 10. The van der Waals surface area contributed by atoms with Gasteiger partial charge < -0.3 is 0 Å². The van der Waals surface area contributed by atoms with Gasteiger partial charge in [-0.25, -0.2) is 0 Å². The molecule has 2 aromatic heterocycles. The van der Waals surface area contributed by atoms with E-state index >= 15 is 0 Å². The van der Waals surface area contributed by atoms with Crippen LogP contribution in [0.15, 0.2) is 182 Å². The Morgan fingerprint density at radius 3 is 1.44 bits per heavy atom. The number of hydrogen-bond acceptors (Lipinski definition) is 2. The van der Waals surface area contributed by atoms with Crippen LogP contribution in [0.1, 0.15) is 0 Å². The molecule has 54 heavy (non-hydrogen) atoms. The van der Waals surface area contributed by atoms with Crippen LogP contribution in [0.4, 0.5) is 0 Å². The topological polar surface area (TPSA) is 0 Å². The molecule has 12 aromatic rings. The van der Waals surface area contributed by atoms with Crippen LogP contribution in [0.3, 0.4) is 0 Å². The number of hydrogen-bond donors (Lipinski definition) is 0. The van der Waals surface area contributed by atoms with Crippen molar-refractivity contribution in [3.8, 4) is 33.4 Å². The maximum atomic E-state index is 2.41. The van der Waals surface area contributed by atoms with Crippen molar-refractivity contribution in [2.24, 2.45) is 0 Å². The average molecular weight is 719 g/mol.